The second kappa shape index (κ2) is 5.16. The van der Waals surface area contributed by atoms with Crippen LogP contribution in [0.1, 0.15) is 41.0 Å². The molecule has 1 heterocycles. The Hall–Kier alpha value is -1.44. The van der Waals surface area contributed by atoms with Gasteiger partial charge in [-0.3, -0.25) is 0 Å². The highest BCUT2D eigenvalue weighted by Gasteiger charge is 2.35. The van der Waals surface area contributed by atoms with Crippen molar-refractivity contribution in [2.24, 2.45) is 0 Å². The van der Waals surface area contributed by atoms with E-state index in [9.17, 15) is 9.46 Å². The van der Waals surface area contributed by atoms with Crippen LogP contribution < -0.4 is 4.89 Å². The van der Waals surface area contributed by atoms with E-state index in [0.717, 1.165) is 41.8 Å². The van der Waals surface area contributed by atoms with Gasteiger partial charge >= 0.3 is 8.03 Å². The van der Waals surface area contributed by atoms with Gasteiger partial charge in [0.25, 0.3) is 0 Å². The van der Waals surface area contributed by atoms with E-state index in [0.29, 0.717) is 0 Å². The first kappa shape index (κ1) is 13.5. The Labute approximate surface area is 120 Å². The first-order valence-electron chi connectivity index (χ1n) is 7.01. The lowest BCUT2D eigenvalue weighted by Crippen LogP contribution is -2.12. The molecule has 4 heteroatoms. The maximum atomic E-state index is 11.6. The monoisotopic (exact) mass is 287 g/mol. The Morgan fingerprint density at radius 2 is 1.95 bits per heavy atom. The highest BCUT2D eigenvalue weighted by molar-refractivity contribution is 7.37. The Balaban J connectivity index is 2.24. The Kier molecular flexibility index (Phi) is 3.49. The lowest BCUT2D eigenvalue weighted by molar-refractivity contribution is -0.166. The molecule has 1 aromatic carbocycles. The van der Waals surface area contributed by atoms with E-state index in [1.165, 1.54) is 5.69 Å². The topological polar surface area (TPSA) is 45.1 Å². The van der Waals surface area contributed by atoms with Crippen molar-refractivity contribution in [2.45, 2.75) is 38.8 Å². The number of rotatable bonds is 2. The highest BCUT2D eigenvalue weighted by atomic mass is 31.1. The average Bonchev–Trinajstić information content (AvgIpc) is 2.72. The van der Waals surface area contributed by atoms with Crippen molar-refractivity contribution in [3.8, 4) is 5.69 Å². The summed E-state index contributed by atoms with van der Waals surface area (Å²) in [7, 11) is -2.40. The molecule has 0 amide bonds. The van der Waals surface area contributed by atoms with Crippen LogP contribution in [0.4, 0.5) is 0 Å². The van der Waals surface area contributed by atoms with Gasteiger partial charge in [-0.2, -0.15) is 0 Å². The molecule has 1 aliphatic rings. The van der Waals surface area contributed by atoms with Crippen molar-refractivity contribution in [3.05, 3.63) is 52.8 Å². The molecule has 0 spiro atoms. The summed E-state index contributed by atoms with van der Waals surface area (Å²) >= 11 is 0. The first-order valence-corrected chi connectivity index (χ1v) is 8.25. The van der Waals surface area contributed by atoms with Gasteiger partial charge in [-0.25, -0.2) is 0 Å². The summed E-state index contributed by atoms with van der Waals surface area (Å²) in [4.78, 5) is 11.6. The van der Waals surface area contributed by atoms with Crippen LogP contribution in [0.2, 0.25) is 0 Å². The Morgan fingerprint density at radius 3 is 2.60 bits per heavy atom. The molecule has 0 saturated heterocycles. The van der Waals surface area contributed by atoms with Gasteiger partial charge in [-0.05, 0) is 50.8 Å². The molecule has 0 fully saturated rings. The molecule has 2 atom stereocenters. The van der Waals surface area contributed by atoms with Crippen molar-refractivity contribution < 1.29 is 9.46 Å². The molecule has 0 N–H and O–H groups in total. The summed E-state index contributed by atoms with van der Waals surface area (Å²) in [6, 6.07) is 10.2. The highest BCUT2D eigenvalue weighted by Crippen LogP contribution is 2.47. The van der Waals surface area contributed by atoms with E-state index in [2.05, 4.69) is 23.6 Å². The van der Waals surface area contributed by atoms with Gasteiger partial charge in [0.2, 0.25) is 0 Å². The molecule has 3 nitrogen and oxygen atoms in total. The number of hydrogen-bond donors (Lipinski definition) is 0. The molecular formula is C16H18NO2P. The lowest BCUT2D eigenvalue weighted by atomic mass is 9.94. The van der Waals surface area contributed by atoms with Gasteiger partial charge in [0.05, 0.1) is 0 Å². The van der Waals surface area contributed by atoms with E-state index in [1.807, 2.05) is 25.1 Å². The summed E-state index contributed by atoms with van der Waals surface area (Å²) in [6.07, 6.45) is 2.65. The third-order valence-corrected chi connectivity index (χ3v) is 5.38. The van der Waals surface area contributed by atoms with Gasteiger partial charge in [0.15, 0.2) is 5.66 Å². The van der Waals surface area contributed by atoms with Crippen molar-refractivity contribution in [3.63, 3.8) is 0 Å². The third kappa shape index (κ3) is 2.02. The van der Waals surface area contributed by atoms with Gasteiger partial charge in [0.1, 0.15) is 0 Å². The number of hydrogen-bond acceptors (Lipinski definition) is 2. The number of nitrogens with zero attached hydrogens (tertiary/aromatic N) is 1. The van der Waals surface area contributed by atoms with E-state index in [4.69, 9.17) is 0 Å². The molecule has 3 rings (SSSR count). The maximum absolute atomic E-state index is 11.6. The van der Waals surface area contributed by atoms with Gasteiger partial charge in [-0.1, -0.05) is 22.8 Å². The van der Waals surface area contributed by atoms with Crippen LogP contribution in [0.3, 0.4) is 0 Å². The quantitative estimate of drug-likeness (QED) is 0.792. The fourth-order valence-electron chi connectivity index (χ4n) is 3.34. The van der Waals surface area contributed by atoms with E-state index < -0.39 is 8.03 Å². The van der Waals surface area contributed by atoms with Gasteiger partial charge < -0.3 is 9.46 Å². The normalized spacial score (nSPS) is 18.8. The summed E-state index contributed by atoms with van der Waals surface area (Å²) < 4.78 is 13.8. The predicted octanol–water partition coefficient (Wildman–Crippen LogP) is 3.57. The molecule has 2 unspecified atom stereocenters. The van der Waals surface area contributed by atoms with Crippen LogP contribution in [-0.2, 0) is 11.0 Å². The fraction of sp³-hybridized carbons (Fsp3) is 0.375. The minimum atomic E-state index is -2.40. The van der Waals surface area contributed by atoms with E-state index >= 15 is 0 Å². The number of fused-ring (bicyclic) bond motifs is 1. The molecule has 0 aliphatic heterocycles. The zero-order valence-electron chi connectivity index (χ0n) is 11.8. The number of benzene rings is 1. The second-order valence-corrected chi connectivity index (χ2v) is 6.63. The lowest BCUT2D eigenvalue weighted by Gasteiger charge is -2.19. The summed E-state index contributed by atoms with van der Waals surface area (Å²) in [5, 5.41) is 0. The predicted molar refractivity (Wildman–Crippen MR) is 78.5 cm³/mol. The SMILES string of the molecule is Cc1c2c(n(-c3ccccc3)c1C)CCCC2[P+](=O)[O-]. The molecule has 2 aromatic rings. The first-order chi connectivity index (χ1) is 9.61. The minimum Gasteiger partial charge on any atom is -0.595 e. The van der Waals surface area contributed by atoms with Crippen molar-refractivity contribution in [1.82, 2.24) is 4.57 Å². The van der Waals surface area contributed by atoms with Crippen molar-refractivity contribution >= 4 is 8.03 Å². The molecule has 104 valence electrons. The molecule has 1 aliphatic carbocycles. The number of para-hydroxylation sites is 1. The zero-order chi connectivity index (χ0) is 14.3. The molecule has 0 bridgehead atoms. The average molecular weight is 287 g/mol. The largest absolute Gasteiger partial charge is 0.595 e. The van der Waals surface area contributed by atoms with Crippen LogP contribution in [-0.4, -0.2) is 4.57 Å². The maximum Gasteiger partial charge on any atom is 0.316 e. The third-order valence-electron chi connectivity index (χ3n) is 4.36. The standard InChI is InChI=1S/C16H18NO2P/c1-11-12(2)17(13-7-4-3-5-8-13)14-9-6-10-15(16(11)14)20(18)19/h3-5,7-8,15H,6,9-10H2,1-2H3. The van der Waals surface area contributed by atoms with Crippen LogP contribution in [0, 0.1) is 13.8 Å². The van der Waals surface area contributed by atoms with E-state index in [1.54, 1.807) is 0 Å². The van der Waals surface area contributed by atoms with Crippen LogP contribution in [0.5, 0.6) is 0 Å². The molecule has 0 saturated carbocycles. The number of aromatic nitrogens is 1. The Bertz CT molecular complexity index is 661. The molecule has 0 radical (unpaired) electrons. The van der Waals surface area contributed by atoms with Crippen LogP contribution in [0.15, 0.2) is 30.3 Å². The molecule has 1 aromatic heterocycles. The minimum absolute atomic E-state index is 0.308. The van der Waals surface area contributed by atoms with E-state index in [-0.39, 0.29) is 5.66 Å². The van der Waals surface area contributed by atoms with Gasteiger partial charge in [-0.15, -0.1) is 0 Å². The summed E-state index contributed by atoms with van der Waals surface area (Å²) in [5.41, 5.74) is 5.33. The van der Waals surface area contributed by atoms with Crippen LogP contribution >= 0.6 is 8.03 Å². The van der Waals surface area contributed by atoms with Crippen LogP contribution in [0.25, 0.3) is 5.69 Å². The summed E-state index contributed by atoms with van der Waals surface area (Å²) in [5.74, 6) is 0. The molecule has 20 heavy (non-hydrogen) atoms. The summed E-state index contributed by atoms with van der Waals surface area (Å²) in [6.45, 7) is 4.13. The smallest absolute Gasteiger partial charge is 0.316 e. The van der Waals surface area contributed by atoms with Crippen molar-refractivity contribution in [1.29, 1.82) is 0 Å². The zero-order valence-corrected chi connectivity index (χ0v) is 12.7. The second-order valence-electron chi connectivity index (χ2n) is 5.44. The Morgan fingerprint density at radius 1 is 1.25 bits per heavy atom. The fourth-order valence-corrected chi connectivity index (χ4v) is 4.28. The van der Waals surface area contributed by atoms with Gasteiger partial charge in [0, 0.05) is 22.6 Å². The molecular weight excluding hydrogens is 269 g/mol. The van der Waals surface area contributed by atoms with Crippen molar-refractivity contribution in [2.75, 3.05) is 0 Å².